The van der Waals surface area contributed by atoms with Gasteiger partial charge in [-0.3, -0.25) is 4.79 Å². The van der Waals surface area contributed by atoms with Gasteiger partial charge in [0.15, 0.2) is 5.78 Å². The molecule has 3 aromatic rings. The first-order valence-electron chi connectivity index (χ1n) is 8.08. The number of nitrogens with one attached hydrogen (secondary N) is 1. The van der Waals surface area contributed by atoms with Gasteiger partial charge >= 0.3 is 0 Å². The van der Waals surface area contributed by atoms with Crippen LogP contribution in [-0.4, -0.2) is 15.8 Å². The predicted molar refractivity (Wildman–Crippen MR) is 92.2 cm³/mol. The largest absolute Gasteiger partial charge is 0.342 e. The predicted octanol–water partition coefficient (Wildman–Crippen LogP) is 3.87. The number of H-pyrrole nitrogens is 1. The van der Waals surface area contributed by atoms with E-state index < -0.39 is 0 Å². The van der Waals surface area contributed by atoms with Crippen LogP contribution in [-0.2, 0) is 11.8 Å². The number of nitriles is 1. The second kappa shape index (κ2) is 4.78. The van der Waals surface area contributed by atoms with E-state index in [1.54, 1.807) is 6.07 Å². The number of pyridine rings is 1. The summed E-state index contributed by atoms with van der Waals surface area (Å²) in [5.41, 5.74) is 5.15. The fourth-order valence-corrected chi connectivity index (χ4v) is 3.65. The number of carbonyl (C=O) groups is 1. The van der Waals surface area contributed by atoms with Gasteiger partial charge in [-0.2, -0.15) is 5.26 Å². The number of aromatic amines is 1. The van der Waals surface area contributed by atoms with Crippen molar-refractivity contribution in [3.63, 3.8) is 0 Å². The molecule has 1 aromatic carbocycles. The smallest absolute Gasteiger partial charge is 0.195 e. The Morgan fingerprint density at radius 2 is 2.04 bits per heavy atom. The van der Waals surface area contributed by atoms with Crippen LogP contribution in [0.5, 0.6) is 0 Å². The van der Waals surface area contributed by atoms with Crippen LogP contribution >= 0.6 is 0 Å². The minimum atomic E-state index is -0.321. The van der Waals surface area contributed by atoms with Crippen LogP contribution in [0.25, 0.3) is 11.0 Å². The Kier molecular flexibility index (Phi) is 2.92. The Labute approximate surface area is 140 Å². The number of ketones is 1. The number of benzene rings is 1. The number of rotatable bonds is 1. The second-order valence-corrected chi connectivity index (χ2v) is 6.77. The first kappa shape index (κ1) is 14.6. The van der Waals surface area contributed by atoms with Crippen LogP contribution in [0.4, 0.5) is 0 Å². The Balaban J connectivity index is 2.06. The molecule has 0 aliphatic heterocycles. The molecule has 0 amide bonds. The van der Waals surface area contributed by atoms with Crippen molar-refractivity contribution in [2.75, 3.05) is 0 Å². The summed E-state index contributed by atoms with van der Waals surface area (Å²) in [5, 5.41) is 9.85. The van der Waals surface area contributed by atoms with Gasteiger partial charge in [-0.1, -0.05) is 32.9 Å². The summed E-state index contributed by atoms with van der Waals surface area (Å²) in [6.07, 6.45) is 0.898. The van der Waals surface area contributed by atoms with Crippen LogP contribution in [0.3, 0.4) is 0 Å². The topological polar surface area (TPSA) is 69.5 Å². The molecule has 1 aliphatic rings. The summed E-state index contributed by atoms with van der Waals surface area (Å²) in [6.45, 7) is 6.32. The minimum Gasteiger partial charge on any atom is -0.342 e. The zero-order valence-electron chi connectivity index (χ0n) is 13.9. The molecule has 4 rings (SSSR count). The first-order chi connectivity index (χ1) is 11.5. The fourth-order valence-electron chi connectivity index (χ4n) is 3.65. The molecule has 2 aromatic heterocycles. The molecule has 118 valence electrons. The molecule has 0 radical (unpaired) electrons. The number of hydrogen-bond donors (Lipinski definition) is 1. The van der Waals surface area contributed by atoms with Gasteiger partial charge in [-0.05, 0) is 35.7 Å². The van der Waals surface area contributed by atoms with E-state index in [2.05, 4.69) is 42.9 Å². The molecule has 0 saturated heterocycles. The highest BCUT2D eigenvalue weighted by Crippen LogP contribution is 2.43. The average molecular weight is 315 g/mol. The zero-order chi connectivity index (χ0) is 17.1. The van der Waals surface area contributed by atoms with E-state index in [0.717, 1.165) is 34.2 Å². The van der Waals surface area contributed by atoms with E-state index in [-0.39, 0.29) is 11.2 Å². The molecule has 0 atom stereocenters. The quantitative estimate of drug-likeness (QED) is 0.741. The molecule has 24 heavy (non-hydrogen) atoms. The summed E-state index contributed by atoms with van der Waals surface area (Å²) in [4.78, 5) is 20.8. The van der Waals surface area contributed by atoms with Gasteiger partial charge in [0.05, 0.1) is 5.56 Å². The normalized spacial score (nSPS) is 15.0. The lowest BCUT2D eigenvalue weighted by molar-refractivity contribution is 0.103. The summed E-state index contributed by atoms with van der Waals surface area (Å²) in [7, 11) is 0. The van der Waals surface area contributed by atoms with Gasteiger partial charge in [-0.15, -0.1) is 0 Å². The van der Waals surface area contributed by atoms with E-state index in [1.165, 1.54) is 0 Å². The number of hydrogen-bond acceptors (Lipinski definition) is 3. The molecule has 0 spiro atoms. The summed E-state index contributed by atoms with van der Waals surface area (Å²) < 4.78 is 0. The minimum absolute atomic E-state index is 0.0346. The molecule has 1 N–H and O–H groups in total. The van der Waals surface area contributed by atoms with Crippen molar-refractivity contribution in [1.82, 2.24) is 9.97 Å². The van der Waals surface area contributed by atoms with Gasteiger partial charge in [-0.25, -0.2) is 4.98 Å². The fraction of sp³-hybridized carbons (Fsp3) is 0.250. The molecular formula is C20H17N3O. The lowest BCUT2D eigenvalue weighted by Crippen LogP contribution is -2.30. The monoisotopic (exact) mass is 315 g/mol. The highest BCUT2D eigenvalue weighted by Gasteiger charge is 2.39. The van der Waals surface area contributed by atoms with Gasteiger partial charge in [0, 0.05) is 22.1 Å². The van der Waals surface area contributed by atoms with Crippen LogP contribution in [0, 0.1) is 11.3 Å². The van der Waals surface area contributed by atoms with Crippen molar-refractivity contribution in [3.05, 3.63) is 64.0 Å². The summed E-state index contributed by atoms with van der Waals surface area (Å²) in [6, 6.07) is 11.7. The van der Waals surface area contributed by atoms with Gasteiger partial charge < -0.3 is 4.98 Å². The zero-order valence-corrected chi connectivity index (χ0v) is 13.9. The highest BCUT2D eigenvalue weighted by molar-refractivity contribution is 6.19. The van der Waals surface area contributed by atoms with Crippen LogP contribution in [0.1, 0.15) is 59.2 Å². The number of aryl methyl sites for hydroxylation is 1. The van der Waals surface area contributed by atoms with E-state index in [9.17, 15) is 4.79 Å². The third kappa shape index (κ3) is 1.78. The average Bonchev–Trinajstić information content (AvgIpc) is 2.99. The van der Waals surface area contributed by atoms with Gasteiger partial charge in [0.1, 0.15) is 17.4 Å². The lowest BCUT2D eigenvalue weighted by Gasteiger charge is -2.32. The van der Waals surface area contributed by atoms with E-state index >= 15 is 0 Å². The Hall–Kier alpha value is -2.93. The maximum Gasteiger partial charge on any atom is 0.195 e. The van der Waals surface area contributed by atoms with E-state index in [0.29, 0.717) is 16.9 Å². The summed E-state index contributed by atoms with van der Waals surface area (Å²) >= 11 is 0. The Morgan fingerprint density at radius 1 is 1.25 bits per heavy atom. The van der Waals surface area contributed by atoms with Crippen molar-refractivity contribution >= 4 is 16.8 Å². The standard InChI is InChI=1S/C20H17N3O/c1-4-11-5-8-15-14(9-11)17(24)16-13-7-6-12(10-21)22-19(13)23-18(16)20(15,2)3/h5-9H,4H2,1-3H3,(H,22,23). The SMILES string of the molecule is CCc1ccc2c(c1)C(=O)c1c([nH]c3nc(C#N)ccc13)C2(C)C. The second-order valence-electron chi connectivity index (χ2n) is 6.77. The number of nitrogens with zero attached hydrogens (tertiary/aromatic N) is 2. The third-order valence-corrected chi connectivity index (χ3v) is 5.03. The van der Waals surface area contributed by atoms with Crippen molar-refractivity contribution in [2.45, 2.75) is 32.6 Å². The Bertz CT molecular complexity index is 1050. The highest BCUT2D eigenvalue weighted by atomic mass is 16.1. The van der Waals surface area contributed by atoms with Gasteiger partial charge in [0.2, 0.25) is 0 Å². The van der Waals surface area contributed by atoms with Crippen molar-refractivity contribution in [3.8, 4) is 6.07 Å². The molecule has 0 fully saturated rings. The van der Waals surface area contributed by atoms with Gasteiger partial charge in [0.25, 0.3) is 0 Å². The summed E-state index contributed by atoms with van der Waals surface area (Å²) in [5.74, 6) is 0.0346. The number of carbonyl (C=O) groups excluding carboxylic acids is 1. The van der Waals surface area contributed by atoms with Crippen LogP contribution in [0.2, 0.25) is 0 Å². The van der Waals surface area contributed by atoms with E-state index in [1.807, 2.05) is 18.2 Å². The molecular weight excluding hydrogens is 298 g/mol. The van der Waals surface area contributed by atoms with Crippen molar-refractivity contribution in [2.24, 2.45) is 0 Å². The Morgan fingerprint density at radius 3 is 2.75 bits per heavy atom. The molecule has 2 heterocycles. The first-order valence-corrected chi connectivity index (χ1v) is 8.08. The molecule has 0 saturated carbocycles. The number of aromatic nitrogens is 2. The lowest BCUT2D eigenvalue weighted by atomic mass is 9.71. The van der Waals surface area contributed by atoms with Crippen LogP contribution in [0.15, 0.2) is 30.3 Å². The number of fused-ring (bicyclic) bond motifs is 4. The third-order valence-electron chi connectivity index (χ3n) is 5.03. The van der Waals surface area contributed by atoms with Crippen molar-refractivity contribution in [1.29, 1.82) is 5.26 Å². The molecule has 4 nitrogen and oxygen atoms in total. The molecule has 0 bridgehead atoms. The maximum atomic E-state index is 13.2. The van der Waals surface area contributed by atoms with Crippen LogP contribution < -0.4 is 0 Å². The van der Waals surface area contributed by atoms with Crippen molar-refractivity contribution < 1.29 is 4.79 Å². The molecule has 1 aliphatic carbocycles. The molecule has 4 heteroatoms. The van der Waals surface area contributed by atoms with E-state index in [4.69, 9.17) is 5.26 Å². The molecule has 0 unspecified atom stereocenters. The maximum absolute atomic E-state index is 13.2.